The summed E-state index contributed by atoms with van der Waals surface area (Å²) in [5, 5.41) is 12.3. The average molecular weight is 524 g/mol. The van der Waals surface area contributed by atoms with E-state index in [4.69, 9.17) is 9.47 Å². The number of hydrogen-bond donors (Lipinski definition) is 3. The molecule has 0 spiro atoms. The third-order valence-corrected chi connectivity index (χ3v) is 5.25. The summed E-state index contributed by atoms with van der Waals surface area (Å²) in [5.74, 6) is 0.841. The molecule has 3 N–H and O–H groups in total. The number of carbonyl (C=O) groups is 1. The van der Waals surface area contributed by atoms with Gasteiger partial charge in [0.15, 0.2) is 5.82 Å². The van der Waals surface area contributed by atoms with Gasteiger partial charge in [-0.05, 0) is 54.6 Å². The fourth-order valence-corrected chi connectivity index (χ4v) is 3.43. The Morgan fingerprint density at radius 2 is 1.59 bits per heavy atom. The van der Waals surface area contributed by atoms with E-state index in [2.05, 4.69) is 20.8 Å². The Morgan fingerprint density at radius 3 is 2.24 bits per heavy atom. The predicted molar refractivity (Wildman–Crippen MR) is 123 cm³/mol. The monoisotopic (exact) mass is 524 g/mol. The molecule has 0 radical (unpaired) electrons. The normalized spacial score (nSPS) is 11.9. The quantitative estimate of drug-likeness (QED) is 0.241. The number of aromatic amines is 1. The minimum atomic E-state index is -5.01. The largest absolute Gasteiger partial charge is 0.497 e. The molecule has 0 saturated heterocycles. The lowest BCUT2D eigenvalue weighted by molar-refractivity contribution is -0.143. The summed E-state index contributed by atoms with van der Waals surface area (Å²) < 4.78 is 89.3. The SMILES string of the molecule is COc1ccc(NC(=O)Nc2n[nH]c3ccc(OCc4ccc(C(F)(F)F)cc4C(F)(F)F)cc23)cc1. The number of nitrogens with zero attached hydrogens (tertiary/aromatic N) is 1. The van der Waals surface area contributed by atoms with Gasteiger partial charge < -0.3 is 14.8 Å². The maximum Gasteiger partial charge on any atom is 0.416 e. The number of methoxy groups -OCH3 is 1. The van der Waals surface area contributed by atoms with Crippen LogP contribution in [-0.2, 0) is 19.0 Å². The molecule has 0 bridgehead atoms. The van der Waals surface area contributed by atoms with Gasteiger partial charge >= 0.3 is 18.4 Å². The van der Waals surface area contributed by atoms with Crippen LogP contribution in [0.2, 0.25) is 0 Å². The number of fused-ring (bicyclic) bond motifs is 1. The zero-order valence-electron chi connectivity index (χ0n) is 18.9. The molecule has 0 atom stereocenters. The summed E-state index contributed by atoms with van der Waals surface area (Å²) in [6.45, 7) is -0.642. The number of carbonyl (C=O) groups excluding carboxylic acids is 1. The second-order valence-corrected chi connectivity index (χ2v) is 7.74. The summed E-state index contributed by atoms with van der Waals surface area (Å²) in [7, 11) is 1.51. The molecule has 0 saturated carbocycles. The molecule has 37 heavy (non-hydrogen) atoms. The molecule has 0 fully saturated rings. The van der Waals surface area contributed by atoms with Crippen molar-refractivity contribution in [3.8, 4) is 11.5 Å². The Hall–Kier alpha value is -4.42. The van der Waals surface area contributed by atoms with Crippen LogP contribution < -0.4 is 20.1 Å². The number of rotatable bonds is 6. The number of anilines is 2. The third kappa shape index (κ3) is 6.05. The second-order valence-electron chi connectivity index (χ2n) is 7.74. The van der Waals surface area contributed by atoms with E-state index in [0.717, 1.165) is 6.07 Å². The van der Waals surface area contributed by atoms with Gasteiger partial charge in [0.1, 0.15) is 18.1 Å². The van der Waals surface area contributed by atoms with Crippen LogP contribution in [0.15, 0.2) is 60.7 Å². The minimum absolute atomic E-state index is 0.0570. The van der Waals surface area contributed by atoms with Crippen molar-refractivity contribution in [2.45, 2.75) is 19.0 Å². The van der Waals surface area contributed by atoms with Gasteiger partial charge in [0.05, 0.1) is 23.8 Å². The summed E-state index contributed by atoms with van der Waals surface area (Å²) >= 11 is 0. The van der Waals surface area contributed by atoms with Crippen molar-refractivity contribution >= 4 is 28.4 Å². The molecule has 3 aromatic carbocycles. The number of nitrogens with one attached hydrogen (secondary N) is 3. The second kappa shape index (κ2) is 9.91. The van der Waals surface area contributed by atoms with Gasteiger partial charge in [-0.1, -0.05) is 6.07 Å². The molecule has 194 valence electrons. The zero-order valence-corrected chi connectivity index (χ0v) is 18.9. The van der Waals surface area contributed by atoms with Crippen LogP contribution in [0.3, 0.4) is 0 Å². The van der Waals surface area contributed by atoms with Crippen LogP contribution in [0, 0.1) is 0 Å². The summed E-state index contributed by atoms with van der Waals surface area (Å²) in [4.78, 5) is 12.4. The van der Waals surface area contributed by atoms with E-state index in [9.17, 15) is 31.1 Å². The first kappa shape index (κ1) is 25.7. The number of aromatic nitrogens is 2. The zero-order chi connectivity index (χ0) is 26.8. The Labute approximate surface area is 205 Å². The van der Waals surface area contributed by atoms with E-state index in [1.165, 1.54) is 25.3 Å². The number of benzene rings is 3. The number of ether oxygens (including phenoxy) is 2. The van der Waals surface area contributed by atoms with Crippen LogP contribution in [0.1, 0.15) is 16.7 Å². The number of urea groups is 1. The molecular weight excluding hydrogens is 506 g/mol. The van der Waals surface area contributed by atoms with Crippen LogP contribution in [0.25, 0.3) is 10.9 Å². The standard InChI is InChI=1S/C24H18F6N4O3/c1-36-16-6-4-15(5-7-16)31-22(35)32-21-18-11-17(8-9-20(18)33-34-21)37-12-13-2-3-14(23(25,26)27)10-19(13)24(28,29)30/h2-11H,12H2,1H3,(H3,31,32,33,34,35). The number of hydrogen-bond acceptors (Lipinski definition) is 4. The van der Waals surface area contributed by atoms with Gasteiger partial charge in [-0.3, -0.25) is 10.4 Å². The van der Waals surface area contributed by atoms with Gasteiger partial charge in [-0.25, -0.2) is 4.79 Å². The lowest BCUT2D eigenvalue weighted by Crippen LogP contribution is -2.19. The fourth-order valence-electron chi connectivity index (χ4n) is 3.43. The maximum absolute atomic E-state index is 13.4. The summed E-state index contributed by atoms with van der Waals surface area (Å²) in [5.41, 5.74) is -2.34. The highest BCUT2D eigenvalue weighted by Gasteiger charge is 2.38. The predicted octanol–water partition coefficient (Wildman–Crippen LogP) is 6.83. The van der Waals surface area contributed by atoms with E-state index >= 15 is 0 Å². The summed E-state index contributed by atoms with van der Waals surface area (Å²) in [6.07, 6.45) is -9.93. The highest BCUT2D eigenvalue weighted by molar-refractivity contribution is 6.04. The van der Waals surface area contributed by atoms with Crippen molar-refractivity contribution in [3.63, 3.8) is 0 Å². The lowest BCUT2D eigenvalue weighted by Gasteiger charge is -2.16. The molecule has 1 aromatic heterocycles. The van der Waals surface area contributed by atoms with Gasteiger partial charge in [0.2, 0.25) is 0 Å². The van der Waals surface area contributed by atoms with Crippen molar-refractivity contribution < 1.29 is 40.6 Å². The molecule has 13 heteroatoms. The first-order chi connectivity index (χ1) is 17.4. The number of amides is 2. The number of H-pyrrole nitrogens is 1. The van der Waals surface area contributed by atoms with Gasteiger partial charge in [0, 0.05) is 16.6 Å². The Bertz CT molecular complexity index is 1420. The average Bonchev–Trinajstić information content (AvgIpc) is 3.23. The van der Waals surface area contributed by atoms with E-state index < -0.39 is 41.7 Å². The number of alkyl halides is 6. The number of halogens is 6. The van der Waals surface area contributed by atoms with E-state index in [0.29, 0.717) is 28.4 Å². The molecule has 4 aromatic rings. The fraction of sp³-hybridized carbons (Fsp3) is 0.167. The molecule has 0 aliphatic rings. The van der Waals surface area contributed by atoms with E-state index in [1.54, 1.807) is 24.3 Å². The molecule has 1 heterocycles. The lowest BCUT2D eigenvalue weighted by atomic mass is 10.0. The van der Waals surface area contributed by atoms with Crippen LogP contribution >= 0.6 is 0 Å². The molecule has 4 rings (SSSR count). The highest BCUT2D eigenvalue weighted by Crippen LogP contribution is 2.38. The maximum atomic E-state index is 13.4. The van der Waals surface area contributed by atoms with Crippen LogP contribution in [0.5, 0.6) is 11.5 Å². The van der Waals surface area contributed by atoms with Crippen molar-refractivity contribution in [1.29, 1.82) is 0 Å². The van der Waals surface area contributed by atoms with Crippen molar-refractivity contribution in [3.05, 3.63) is 77.4 Å². The smallest absolute Gasteiger partial charge is 0.416 e. The molecule has 2 amide bonds. The van der Waals surface area contributed by atoms with Crippen molar-refractivity contribution in [2.24, 2.45) is 0 Å². The molecule has 0 aliphatic carbocycles. The van der Waals surface area contributed by atoms with Crippen molar-refractivity contribution in [1.82, 2.24) is 10.2 Å². The Morgan fingerprint density at radius 1 is 0.892 bits per heavy atom. The van der Waals surface area contributed by atoms with Crippen molar-refractivity contribution in [2.75, 3.05) is 17.7 Å². The van der Waals surface area contributed by atoms with E-state index in [-0.39, 0.29) is 17.6 Å². The topological polar surface area (TPSA) is 88.3 Å². The Kier molecular flexibility index (Phi) is 6.88. The molecule has 0 unspecified atom stereocenters. The third-order valence-electron chi connectivity index (χ3n) is 5.25. The molecule has 7 nitrogen and oxygen atoms in total. The summed E-state index contributed by atoms with van der Waals surface area (Å²) in [6, 6.07) is 11.7. The van der Waals surface area contributed by atoms with Gasteiger partial charge in [-0.2, -0.15) is 31.4 Å². The van der Waals surface area contributed by atoms with E-state index in [1.807, 2.05) is 0 Å². The van der Waals surface area contributed by atoms with Crippen LogP contribution in [-0.4, -0.2) is 23.3 Å². The van der Waals surface area contributed by atoms with Gasteiger partial charge in [0.25, 0.3) is 0 Å². The van der Waals surface area contributed by atoms with Crippen LogP contribution in [0.4, 0.5) is 42.6 Å². The first-order valence-corrected chi connectivity index (χ1v) is 10.5. The highest BCUT2D eigenvalue weighted by atomic mass is 19.4. The first-order valence-electron chi connectivity index (χ1n) is 10.5. The minimum Gasteiger partial charge on any atom is -0.497 e. The molecule has 0 aliphatic heterocycles. The Balaban J connectivity index is 1.50. The van der Waals surface area contributed by atoms with Gasteiger partial charge in [-0.15, -0.1) is 0 Å². The molecular formula is C24H18F6N4O3.